The van der Waals surface area contributed by atoms with E-state index in [1.54, 1.807) is 0 Å². The lowest BCUT2D eigenvalue weighted by atomic mass is 10.0. The van der Waals surface area contributed by atoms with Crippen LogP contribution >= 0.6 is 0 Å². The summed E-state index contributed by atoms with van der Waals surface area (Å²) in [6.07, 6.45) is 9.36. The molecule has 0 bridgehead atoms. The highest BCUT2D eigenvalue weighted by Gasteiger charge is 2.21. The summed E-state index contributed by atoms with van der Waals surface area (Å²) in [4.78, 5) is 4.28. The van der Waals surface area contributed by atoms with Crippen LogP contribution in [0.25, 0.3) is 0 Å². The van der Waals surface area contributed by atoms with Gasteiger partial charge in [-0.05, 0) is 25.7 Å². The lowest BCUT2D eigenvalue weighted by Gasteiger charge is -2.20. The van der Waals surface area contributed by atoms with E-state index in [4.69, 9.17) is 0 Å². The van der Waals surface area contributed by atoms with Crippen LogP contribution in [-0.2, 0) is 7.05 Å². The number of aromatic nitrogens is 2. The van der Waals surface area contributed by atoms with E-state index >= 15 is 0 Å². The molecule has 0 saturated heterocycles. The third-order valence-corrected chi connectivity index (χ3v) is 3.28. The molecule has 1 fully saturated rings. The normalized spacial score (nSPS) is 19.9. The summed E-state index contributed by atoms with van der Waals surface area (Å²) in [5.74, 6) is 1.83. The van der Waals surface area contributed by atoms with Crippen LogP contribution in [0.3, 0.4) is 0 Å². The maximum absolute atomic E-state index is 4.28. The number of anilines is 1. The number of aryl methyl sites for hydroxylation is 1. The minimum atomic E-state index is 0.554. The second kappa shape index (κ2) is 4.03. The van der Waals surface area contributed by atoms with E-state index in [1.807, 2.05) is 24.0 Å². The highest BCUT2D eigenvalue weighted by atomic mass is 15.2. The monoisotopic (exact) mass is 193 g/mol. The van der Waals surface area contributed by atoms with Gasteiger partial charge in [-0.3, -0.25) is 0 Å². The van der Waals surface area contributed by atoms with Gasteiger partial charge >= 0.3 is 0 Å². The summed E-state index contributed by atoms with van der Waals surface area (Å²) in [5, 5.41) is 3.48. The Hall–Kier alpha value is -0.990. The zero-order chi connectivity index (χ0) is 9.97. The van der Waals surface area contributed by atoms with Crippen LogP contribution in [0.4, 0.5) is 5.95 Å². The van der Waals surface area contributed by atoms with Crippen LogP contribution in [0.5, 0.6) is 0 Å². The fourth-order valence-electron chi connectivity index (χ4n) is 2.28. The first-order valence-electron chi connectivity index (χ1n) is 5.51. The van der Waals surface area contributed by atoms with Crippen LogP contribution < -0.4 is 5.32 Å². The number of rotatable bonds is 3. The number of imidazole rings is 1. The summed E-state index contributed by atoms with van der Waals surface area (Å²) in [5.41, 5.74) is 0. The molecule has 0 amide bonds. The number of nitrogens with zero attached hydrogens (tertiary/aromatic N) is 2. The molecule has 0 spiro atoms. The smallest absolute Gasteiger partial charge is 0.202 e. The van der Waals surface area contributed by atoms with Gasteiger partial charge in [-0.15, -0.1) is 0 Å². The first-order valence-corrected chi connectivity index (χ1v) is 5.51. The van der Waals surface area contributed by atoms with Crippen molar-refractivity contribution in [2.24, 2.45) is 13.0 Å². The zero-order valence-corrected chi connectivity index (χ0v) is 9.03. The van der Waals surface area contributed by atoms with E-state index in [9.17, 15) is 0 Å². The lowest BCUT2D eigenvalue weighted by molar-refractivity contribution is 0.478. The van der Waals surface area contributed by atoms with Gasteiger partial charge in [-0.1, -0.05) is 12.8 Å². The molecule has 78 valence electrons. The van der Waals surface area contributed by atoms with Crippen LogP contribution in [0.2, 0.25) is 0 Å². The second-order valence-electron chi connectivity index (χ2n) is 4.34. The second-order valence-corrected chi connectivity index (χ2v) is 4.34. The molecule has 1 unspecified atom stereocenters. The Morgan fingerprint density at radius 2 is 2.21 bits per heavy atom. The van der Waals surface area contributed by atoms with Gasteiger partial charge in [0.1, 0.15) is 0 Å². The molecule has 1 aliphatic rings. The lowest BCUT2D eigenvalue weighted by Crippen LogP contribution is -2.25. The van der Waals surface area contributed by atoms with Crippen molar-refractivity contribution in [1.82, 2.24) is 9.55 Å². The summed E-state index contributed by atoms with van der Waals surface area (Å²) < 4.78 is 2.03. The molecule has 1 N–H and O–H groups in total. The van der Waals surface area contributed by atoms with Gasteiger partial charge in [0.2, 0.25) is 5.95 Å². The van der Waals surface area contributed by atoms with E-state index in [1.165, 1.54) is 25.7 Å². The number of hydrogen-bond acceptors (Lipinski definition) is 2. The van der Waals surface area contributed by atoms with Crippen LogP contribution in [-0.4, -0.2) is 15.6 Å². The molecule has 14 heavy (non-hydrogen) atoms. The van der Waals surface area contributed by atoms with Gasteiger partial charge < -0.3 is 9.88 Å². The summed E-state index contributed by atoms with van der Waals surface area (Å²) in [7, 11) is 2.02. The molecule has 1 atom stereocenters. The fourth-order valence-corrected chi connectivity index (χ4v) is 2.28. The van der Waals surface area contributed by atoms with Crippen LogP contribution in [0.1, 0.15) is 32.6 Å². The SMILES string of the molecule is CC(Nc1nccn1C)C1CCCC1. The zero-order valence-electron chi connectivity index (χ0n) is 9.03. The fraction of sp³-hybridized carbons (Fsp3) is 0.727. The van der Waals surface area contributed by atoms with Gasteiger partial charge in [0.05, 0.1) is 0 Å². The first kappa shape index (κ1) is 9.56. The maximum atomic E-state index is 4.28. The molecular weight excluding hydrogens is 174 g/mol. The predicted octanol–water partition coefficient (Wildman–Crippen LogP) is 2.41. The Labute approximate surface area is 85.5 Å². The van der Waals surface area contributed by atoms with Gasteiger partial charge in [0, 0.05) is 25.5 Å². The van der Waals surface area contributed by atoms with Crippen LogP contribution in [0, 0.1) is 5.92 Å². The Kier molecular flexibility index (Phi) is 2.75. The molecule has 2 rings (SSSR count). The first-order chi connectivity index (χ1) is 6.77. The Morgan fingerprint density at radius 1 is 1.50 bits per heavy atom. The molecule has 1 heterocycles. The average molecular weight is 193 g/mol. The molecule has 0 radical (unpaired) electrons. The van der Waals surface area contributed by atoms with Crippen molar-refractivity contribution in [3.8, 4) is 0 Å². The van der Waals surface area contributed by atoms with Crippen molar-refractivity contribution in [3.05, 3.63) is 12.4 Å². The van der Waals surface area contributed by atoms with Crippen molar-refractivity contribution >= 4 is 5.95 Å². The van der Waals surface area contributed by atoms with Gasteiger partial charge in [0.15, 0.2) is 0 Å². The molecule has 0 aliphatic heterocycles. The third-order valence-electron chi connectivity index (χ3n) is 3.28. The number of nitrogens with one attached hydrogen (secondary N) is 1. The largest absolute Gasteiger partial charge is 0.353 e. The quantitative estimate of drug-likeness (QED) is 0.799. The summed E-state index contributed by atoms with van der Waals surface area (Å²) >= 11 is 0. The van der Waals surface area contributed by atoms with E-state index < -0.39 is 0 Å². The summed E-state index contributed by atoms with van der Waals surface area (Å²) in [6, 6.07) is 0.554. The Morgan fingerprint density at radius 3 is 2.79 bits per heavy atom. The van der Waals surface area contributed by atoms with E-state index in [0.717, 1.165) is 11.9 Å². The van der Waals surface area contributed by atoms with E-state index in [0.29, 0.717) is 6.04 Å². The van der Waals surface area contributed by atoms with E-state index in [2.05, 4.69) is 17.2 Å². The molecule has 1 aromatic heterocycles. The van der Waals surface area contributed by atoms with Crippen molar-refractivity contribution in [3.63, 3.8) is 0 Å². The topological polar surface area (TPSA) is 29.9 Å². The molecule has 1 saturated carbocycles. The highest BCUT2D eigenvalue weighted by molar-refractivity contribution is 5.27. The maximum Gasteiger partial charge on any atom is 0.202 e. The van der Waals surface area contributed by atoms with Crippen molar-refractivity contribution in [2.45, 2.75) is 38.6 Å². The van der Waals surface area contributed by atoms with Crippen molar-refractivity contribution in [1.29, 1.82) is 0 Å². The molecule has 3 heteroatoms. The molecule has 0 aromatic carbocycles. The van der Waals surface area contributed by atoms with Gasteiger partial charge in [-0.2, -0.15) is 0 Å². The third kappa shape index (κ3) is 1.91. The van der Waals surface area contributed by atoms with Crippen molar-refractivity contribution in [2.75, 3.05) is 5.32 Å². The van der Waals surface area contributed by atoms with Gasteiger partial charge in [0.25, 0.3) is 0 Å². The molecule has 1 aromatic rings. The molecule has 1 aliphatic carbocycles. The highest BCUT2D eigenvalue weighted by Crippen LogP contribution is 2.28. The van der Waals surface area contributed by atoms with E-state index in [-0.39, 0.29) is 0 Å². The minimum absolute atomic E-state index is 0.554. The number of hydrogen-bond donors (Lipinski definition) is 1. The van der Waals surface area contributed by atoms with Crippen LogP contribution in [0.15, 0.2) is 12.4 Å². The van der Waals surface area contributed by atoms with Gasteiger partial charge in [-0.25, -0.2) is 4.98 Å². The Bertz CT molecular complexity index is 286. The standard InChI is InChI=1S/C11H19N3/c1-9(10-5-3-4-6-10)13-11-12-7-8-14(11)2/h7-10H,3-6H2,1-2H3,(H,12,13). The minimum Gasteiger partial charge on any atom is -0.353 e. The predicted molar refractivity (Wildman–Crippen MR) is 58.3 cm³/mol. The molecule has 3 nitrogen and oxygen atoms in total. The van der Waals surface area contributed by atoms with Crippen molar-refractivity contribution < 1.29 is 0 Å². The summed E-state index contributed by atoms with van der Waals surface area (Å²) in [6.45, 7) is 2.27. The average Bonchev–Trinajstić information content (AvgIpc) is 2.77. The molecular formula is C11H19N3. The Balaban J connectivity index is 1.93.